The van der Waals surface area contributed by atoms with Crippen LogP contribution in [0, 0.1) is 10.1 Å². The second-order valence-electron chi connectivity index (χ2n) is 7.55. The van der Waals surface area contributed by atoms with Crippen LogP contribution in [0.3, 0.4) is 0 Å². The second kappa shape index (κ2) is 6.94. The first kappa shape index (κ1) is 17.8. The molecule has 0 radical (unpaired) electrons. The van der Waals surface area contributed by atoms with Gasteiger partial charge in [0.1, 0.15) is 11.1 Å². The molecule has 0 aliphatic carbocycles. The molecule has 0 spiro atoms. The van der Waals surface area contributed by atoms with Crippen molar-refractivity contribution in [2.45, 2.75) is 6.54 Å². The smallest absolute Gasteiger partial charge is 0.281 e. The third-order valence-corrected chi connectivity index (χ3v) is 5.54. The van der Waals surface area contributed by atoms with Crippen LogP contribution in [0.2, 0.25) is 0 Å². The van der Waals surface area contributed by atoms with E-state index in [-0.39, 0.29) is 5.69 Å². The van der Waals surface area contributed by atoms with Crippen molar-refractivity contribution < 1.29 is 4.92 Å². The average molecular weight is 391 g/mol. The zero-order chi connectivity index (χ0) is 20.0. The van der Waals surface area contributed by atoms with E-state index in [1.54, 1.807) is 12.1 Å². The number of H-pyrrole nitrogens is 2. The molecule has 29 heavy (non-hydrogen) atoms. The first-order chi connectivity index (χ1) is 14.1. The number of likely N-dealkylation sites (N-methyl/N-ethyl adjacent to an activating group) is 1. The molecule has 0 atom stereocenters. The van der Waals surface area contributed by atoms with E-state index in [1.165, 1.54) is 11.6 Å². The summed E-state index contributed by atoms with van der Waals surface area (Å²) >= 11 is 0. The van der Waals surface area contributed by atoms with Gasteiger partial charge in [0.15, 0.2) is 5.82 Å². The molecule has 4 aromatic rings. The highest BCUT2D eigenvalue weighted by molar-refractivity contribution is 5.99. The van der Waals surface area contributed by atoms with Gasteiger partial charge in [0.2, 0.25) is 0 Å². The first-order valence-electron chi connectivity index (χ1n) is 9.60. The quantitative estimate of drug-likeness (QED) is 0.409. The lowest BCUT2D eigenvalue weighted by molar-refractivity contribution is -0.383. The van der Waals surface area contributed by atoms with Gasteiger partial charge in [0.05, 0.1) is 21.5 Å². The summed E-state index contributed by atoms with van der Waals surface area (Å²) in [5, 5.41) is 19.1. The highest BCUT2D eigenvalue weighted by atomic mass is 16.6. The second-order valence-corrected chi connectivity index (χ2v) is 7.55. The van der Waals surface area contributed by atoms with Gasteiger partial charge in [-0.1, -0.05) is 12.1 Å². The number of nitrogens with zero attached hydrogens (tertiary/aromatic N) is 5. The number of aromatic nitrogens is 4. The van der Waals surface area contributed by atoms with E-state index in [0.29, 0.717) is 22.4 Å². The third-order valence-electron chi connectivity index (χ3n) is 5.54. The molecule has 0 unspecified atom stereocenters. The van der Waals surface area contributed by atoms with Gasteiger partial charge in [-0.15, -0.1) is 0 Å². The number of aromatic amines is 2. The molecule has 2 N–H and O–H groups in total. The van der Waals surface area contributed by atoms with Crippen molar-refractivity contribution in [3.8, 4) is 11.5 Å². The lowest BCUT2D eigenvalue weighted by Crippen LogP contribution is -2.43. The van der Waals surface area contributed by atoms with Crippen molar-refractivity contribution in [1.82, 2.24) is 30.0 Å². The minimum Gasteiger partial charge on any atom is -0.337 e. The summed E-state index contributed by atoms with van der Waals surface area (Å²) < 4.78 is 0. The van der Waals surface area contributed by atoms with E-state index in [9.17, 15) is 10.1 Å². The first-order valence-corrected chi connectivity index (χ1v) is 9.60. The fourth-order valence-corrected chi connectivity index (χ4v) is 3.91. The Morgan fingerprint density at radius 1 is 1.14 bits per heavy atom. The maximum absolute atomic E-state index is 11.4. The molecule has 1 saturated heterocycles. The van der Waals surface area contributed by atoms with E-state index in [4.69, 9.17) is 0 Å². The maximum Gasteiger partial charge on any atom is 0.281 e. The predicted octanol–water partition coefficient (Wildman–Crippen LogP) is 2.76. The predicted molar refractivity (Wildman–Crippen MR) is 111 cm³/mol. The van der Waals surface area contributed by atoms with Crippen LogP contribution in [-0.2, 0) is 6.54 Å². The van der Waals surface area contributed by atoms with Crippen LogP contribution in [0.4, 0.5) is 5.69 Å². The number of nitrogens with one attached hydrogen (secondary N) is 2. The molecule has 9 nitrogen and oxygen atoms in total. The summed E-state index contributed by atoms with van der Waals surface area (Å²) in [6.07, 6.45) is 0. The van der Waals surface area contributed by atoms with E-state index < -0.39 is 4.92 Å². The molecule has 0 saturated carbocycles. The molecule has 1 aliphatic heterocycles. The normalized spacial score (nSPS) is 16.0. The molecule has 3 heterocycles. The molecule has 9 heteroatoms. The van der Waals surface area contributed by atoms with E-state index in [2.05, 4.69) is 49.1 Å². The molecule has 0 bridgehead atoms. The largest absolute Gasteiger partial charge is 0.337 e. The molecule has 5 rings (SSSR count). The molecule has 2 aromatic carbocycles. The van der Waals surface area contributed by atoms with Crippen molar-refractivity contribution in [2.24, 2.45) is 0 Å². The Hall–Kier alpha value is -3.30. The molecular formula is C20H21N7O2. The average Bonchev–Trinajstić information content (AvgIpc) is 3.32. The zero-order valence-corrected chi connectivity index (χ0v) is 16.1. The Morgan fingerprint density at radius 3 is 2.76 bits per heavy atom. The van der Waals surface area contributed by atoms with Gasteiger partial charge in [-0.2, -0.15) is 5.10 Å². The van der Waals surface area contributed by atoms with Crippen LogP contribution in [0.25, 0.3) is 33.5 Å². The van der Waals surface area contributed by atoms with Crippen LogP contribution in [0.5, 0.6) is 0 Å². The van der Waals surface area contributed by atoms with E-state index in [0.717, 1.165) is 43.8 Å². The summed E-state index contributed by atoms with van der Waals surface area (Å²) in [7, 11) is 2.15. The molecule has 1 aliphatic rings. The van der Waals surface area contributed by atoms with Crippen molar-refractivity contribution in [1.29, 1.82) is 0 Å². The van der Waals surface area contributed by atoms with Gasteiger partial charge in [0, 0.05) is 38.8 Å². The summed E-state index contributed by atoms with van der Waals surface area (Å²) in [5.41, 5.74) is 4.03. The number of nitro groups is 1. The lowest BCUT2D eigenvalue weighted by atomic mass is 10.1. The zero-order valence-electron chi connectivity index (χ0n) is 16.1. The Kier molecular flexibility index (Phi) is 4.26. The van der Waals surface area contributed by atoms with Crippen molar-refractivity contribution >= 4 is 27.6 Å². The van der Waals surface area contributed by atoms with Gasteiger partial charge in [0.25, 0.3) is 5.69 Å². The molecule has 2 aromatic heterocycles. The maximum atomic E-state index is 11.4. The lowest BCUT2D eigenvalue weighted by Gasteiger charge is -2.32. The minimum atomic E-state index is -0.391. The van der Waals surface area contributed by atoms with Gasteiger partial charge >= 0.3 is 0 Å². The van der Waals surface area contributed by atoms with Gasteiger partial charge < -0.3 is 9.88 Å². The van der Waals surface area contributed by atoms with Crippen LogP contribution < -0.4 is 0 Å². The Morgan fingerprint density at radius 2 is 1.97 bits per heavy atom. The van der Waals surface area contributed by atoms with Crippen LogP contribution in [-0.4, -0.2) is 68.1 Å². The van der Waals surface area contributed by atoms with Crippen molar-refractivity contribution in [3.63, 3.8) is 0 Å². The van der Waals surface area contributed by atoms with Crippen LogP contribution in [0.15, 0.2) is 36.4 Å². The topological polar surface area (TPSA) is 107 Å². The van der Waals surface area contributed by atoms with Gasteiger partial charge in [-0.25, -0.2) is 4.98 Å². The summed E-state index contributed by atoms with van der Waals surface area (Å²) in [5.74, 6) is 0.525. The number of nitro benzene ring substituents is 1. The minimum absolute atomic E-state index is 0.0162. The fraction of sp³-hybridized carbons (Fsp3) is 0.300. The van der Waals surface area contributed by atoms with Crippen molar-refractivity contribution in [3.05, 3.63) is 52.1 Å². The van der Waals surface area contributed by atoms with Gasteiger partial charge in [-0.3, -0.25) is 20.1 Å². The number of fused-ring (bicyclic) bond motifs is 2. The highest BCUT2D eigenvalue weighted by Crippen LogP contribution is 2.33. The third kappa shape index (κ3) is 3.24. The highest BCUT2D eigenvalue weighted by Gasteiger charge is 2.21. The number of hydrogen-bond acceptors (Lipinski definition) is 6. The van der Waals surface area contributed by atoms with Gasteiger partial charge in [-0.05, 0) is 30.8 Å². The standard InChI is InChI=1S/C20H21N7O2/c1-25-7-9-26(10-8-25)12-13-5-6-14-16(11-13)22-20(21-14)19-18-15(23-24-19)3-2-4-17(18)27(28)29/h2-6,11H,7-10,12H2,1H3,(H,21,22)(H,23,24). The summed E-state index contributed by atoms with van der Waals surface area (Å²) in [6, 6.07) is 11.1. The number of rotatable bonds is 4. The summed E-state index contributed by atoms with van der Waals surface area (Å²) in [6.45, 7) is 5.19. The number of imidazole rings is 1. The van der Waals surface area contributed by atoms with Crippen molar-refractivity contribution in [2.75, 3.05) is 33.2 Å². The number of hydrogen-bond donors (Lipinski definition) is 2. The number of non-ortho nitro benzene ring substituents is 1. The van der Waals surface area contributed by atoms with E-state index >= 15 is 0 Å². The fourth-order valence-electron chi connectivity index (χ4n) is 3.91. The Balaban J connectivity index is 1.49. The Labute approximate surface area is 166 Å². The summed E-state index contributed by atoms with van der Waals surface area (Å²) in [4.78, 5) is 23.8. The van der Waals surface area contributed by atoms with Crippen LogP contribution >= 0.6 is 0 Å². The number of benzene rings is 2. The monoisotopic (exact) mass is 391 g/mol. The molecule has 148 valence electrons. The van der Waals surface area contributed by atoms with E-state index in [1.807, 2.05) is 6.07 Å². The number of piperazine rings is 1. The molecular weight excluding hydrogens is 370 g/mol. The van der Waals surface area contributed by atoms with Crippen LogP contribution in [0.1, 0.15) is 5.56 Å². The SMILES string of the molecule is CN1CCN(Cc2ccc3nc(-c4n[nH]c5cccc([N+](=O)[O-])c45)[nH]c3c2)CC1. The molecule has 0 amide bonds. The molecule has 1 fully saturated rings. The Bertz CT molecular complexity index is 1200.